The van der Waals surface area contributed by atoms with E-state index < -0.39 is 17.4 Å². The summed E-state index contributed by atoms with van der Waals surface area (Å²) in [6.07, 6.45) is 1.92. The van der Waals surface area contributed by atoms with Gasteiger partial charge in [-0.2, -0.15) is 4.98 Å². The molecule has 2 fully saturated rings. The molecule has 2 unspecified atom stereocenters. The smallest absolute Gasteiger partial charge is 0.319 e. The molecule has 3 amide bonds. The molecule has 0 aliphatic carbocycles. The number of morpholine rings is 1. The number of hydrogen-bond acceptors (Lipinski definition) is 7. The van der Waals surface area contributed by atoms with E-state index in [4.69, 9.17) is 19.4 Å². The van der Waals surface area contributed by atoms with Crippen LogP contribution in [0, 0.1) is 5.82 Å². The molecule has 2 saturated heterocycles. The summed E-state index contributed by atoms with van der Waals surface area (Å²) in [7, 11) is 0. The fourth-order valence-electron chi connectivity index (χ4n) is 5.30. The Morgan fingerprint density at radius 2 is 1.92 bits per heavy atom. The first-order chi connectivity index (χ1) is 17.7. The third-order valence-electron chi connectivity index (χ3n) is 6.99. The third-order valence-corrected chi connectivity index (χ3v) is 6.99. The predicted octanol–water partition coefficient (Wildman–Crippen LogP) is 3.42. The molecule has 2 atom stereocenters. The van der Waals surface area contributed by atoms with E-state index in [2.05, 4.69) is 15.5 Å². The van der Waals surface area contributed by atoms with Crippen molar-refractivity contribution in [2.75, 3.05) is 43.1 Å². The van der Waals surface area contributed by atoms with Gasteiger partial charge in [0, 0.05) is 18.7 Å². The SMILES string of the molecule is CCNC(=O)Nc1ccc(-c2nc(N3C4CCC3COC4)nc3c2C(=O)N(CC)CC(C)(C)O3)cc1F. The van der Waals surface area contributed by atoms with Crippen LogP contribution in [0.25, 0.3) is 11.3 Å². The molecule has 2 bridgehead atoms. The summed E-state index contributed by atoms with van der Waals surface area (Å²) in [5.41, 5.74) is 0.249. The van der Waals surface area contributed by atoms with Crippen LogP contribution in [0.15, 0.2) is 18.2 Å². The molecule has 10 nitrogen and oxygen atoms in total. The zero-order valence-corrected chi connectivity index (χ0v) is 21.6. The van der Waals surface area contributed by atoms with Crippen molar-refractivity contribution in [2.24, 2.45) is 0 Å². The maximum absolute atomic E-state index is 15.2. The number of amides is 3. The molecule has 2 aromatic rings. The van der Waals surface area contributed by atoms with Crippen molar-refractivity contribution in [1.29, 1.82) is 0 Å². The fraction of sp³-hybridized carbons (Fsp3) is 0.538. The molecule has 4 heterocycles. The van der Waals surface area contributed by atoms with Gasteiger partial charge < -0.3 is 29.9 Å². The van der Waals surface area contributed by atoms with Crippen LogP contribution >= 0.6 is 0 Å². The average Bonchev–Trinajstić information content (AvgIpc) is 3.04. The van der Waals surface area contributed by atoms with Gasteiger partial charge in [0.2, 0.25) is 11.8 Å². The molecule has 37 heavy (non-hydrogen) atoms. The third kappa shape index (κ3) is 4.79. The number of halogens is 1. The van der Waals surface area contributed by atoms with Crippen LogP contribution in [0.3, 0.4) is 0 Å². The number of anilines is 2. The first-order valence-corrected chi connectivity index (χ1v) is 12.8. The van der Waals surface area contributed by atoms with E-state index >= 15 is 4.39 Å². The number of benzene rings is 1. The highest BCUT2D eigenvalue weighted by Gasteiger charge is 2.42. The number of carbonyl (C=O) groups is 2. The van der Waals surface area contributed by atoms with Crippen molar-refractivity contribution in [3.05, 3.63) is 29.6 Å². The van der Waals surface area contributed by atoms with Gasteiger partial charge in [-0.3, -0.25) is 4.79 Å². The van der Waals surface area contributed by atoms with Gasteiger partial charge in [-0.25, -0.2) is 14.2 Å². The number of hydrogen-bond donors (Lipinski definition) is 2. The molecule has 0 radical (unpaired) electrons. The van der Waals surface area contributed by atoms with E-state index in [-0.39, 0.29) is 35.1 Å². The first kappa shape index (κ1) is 25.2. The number of ether oxygens (including phenoxy) is 2. The van der Waals surface area contributed by atoms with Crippen molar-refractivity contribution in [2.45, 2.75) is 58.2 Å². The Bertz CT molecular complexity index is 1210. The van der Waals surface area contributed by atoms with E-state index in [0.29, 0.717) is 50.1 Å². The Hall–Kier alpha value is -3.47. The molecule has 0 saturated carbocycles. The molecule has 198 valence electrons. The molecule has 11 heteroatoms. The van der Waals surface area contributed by atoms with Crippen molar-refractivity contribution in [3.8, 4) is 17.1 Å². The van der Waals surface area contributed by atoms with Crippen molar-refractivity contribution < 1.29 is 23.5 Å². The second kappa shape index (κ2) is 9.77. The van der Waals surface area contributed by atoms with Crippen LogP contribution in [0.5, 0.6) is 5.88 Å². The zero-order valence-electron chi connectivity index (χ0n) is 21.6. The lowest BCUT2D eigenvalue weighted by molar-refractivity contribution is 0.0540. The average molecular weight is 513 g/mol. The number of urea groups is 1. The molecule has 1 aromatic carbocycles. The van der Waals surface area contributed by atoms with Gasteiger partial charge in [-0.15, -0.1) is 0 Å². The number of aromatic nitrogens is 2. The second-order valence-corrected chi connectivity index (χ2v) is 10.2. The minimum absolute atomic E-state index is 0.0280. The Balaban J connectivity index is 1.65. The van der Waals surface area contributed by atoms with Gasteiger partial charge in [0.05, 0.1) is 43.2 Å². The van der Waals surface area contributed by atoms with Gasteiger partial charge >= 0.3 is 6.03 Å². The number of nitrogens with one attached hydrogen (secondary N) is 2. The fourth-order valence-corrected chi connectivity index (χ4v) is 5.30. The van der Waals surface area contributed by atoms with E-state index in [0.717, 1.165) is 12.8 Å². The van der Waals surface area contributed by atoms with Crippen LogP contribution in [-0.4, -0.2) is 77.3 Å². The van der Waals surface area contributed by atoms with Crippen LogP contribution in [0.4, 0.5) is 20.8 Å². The highest BCUT2D eigenvalue weighted by atomic mass is 19.1. The van der Waals surface area contributed by atoms with E-state index in [1.165, 1.54) is 12.1 Å². The maximum atomic E-state index is 15.2. The molecular weight excluding hydrogens is 479 g/mol. The number of fused-ring (bicyclic) bond motifs is 3. The van der Waals surface area contributed by atoms with Crippen LogP contribution in [0.2, 0.25) is 0 Å². The standard InChI is InChI=1S/C26H33FN6O4/c1-5-28-25(35)29-19-10-7-15(11-18(19)27)21-20-22(37-26(3,4)14-32(6-2)23(20)34)31-24(30-21)33-16-8-9-17(33)13-36-12-16/h7,10-11,16-17H,5-6,8-9,12-14H2,1-4H3,(H2,28,29,35). The Morgan fingerprint density at radius 1 is 1.19 bits per heavy atom. The summed E-state index contributed by atoms with van der Waals surface area (Å²) >= 11 is 0. The summed E-state index contributed by atoms with van der Waals surface area (Å²) in [6.45, 7) is 9.94. The van der Waals surface area contributed by atoms with E-state index in [9.17, 15) is 9.59 Å². The van der Waals surface area contributed by atoms with Crippen LogP contribution < -0.4 is 20.3 Å². The number of carbonyl (C=O) groups excluding carboxylic acids is 2. The van der Waals surface area contributed by atoms with Crippen molar-refractivity contribution >= 4 is 23.6 Å². The highest BCUT2D eigenvalue weighted by molar-refractivity contribution is 6.03. The van der Waals surface area contributed by atoms with Gasteiger partial charge in [-0.1, -0.05) is 6.07 Å². The highest BCUT2D eigenvalue weighted by Crippen LogP contribution is 2.39. The van der Waals surface area contributed by atoms with E-state index in [1.54, 1.807) is 17.9 Å². The molecular formula is C26H33FN6O4. The lowest BCUT2D eigenvalue weighted by Crippen LogP contribution is -2.47. The van der Waals surface area contributed by atoms with Crippen LogP contribution in [0.1, 0.15) is 50.9 Å². The van der Waals surface area contributed by atoms with Crippen LogP contribution in [-0.2, 0) is 4.74 Å². The molecule has 3 aliphatic heterocycles. The summed E-state index contributed by atoms with van der Waals surface area (Å²) in [5, 5.41) is 5.08. The monoisotopic (exact) mass is 512 g/mol. The normalized spacial score (nSPS) is 22.2. The molecule has 3 aliphatic rings. The Kier molecular flexibility index (Phi) is 6.65. The summed E-state index contributed by atoms with van der Waals surface area (Å²) in [5.74, 6) is -0.261. The van der Waals surface area contributed by atoms with E-state index in [1.807, 2.05) is 20.8 Å². The summed E-state index contributed by atoms with van der Waals surface area (Å²) in [6, 6.07) is 4.15. The lowest BCUT2D eigenvalue weighted by atomic mass is 10.0. The minimum atomic E-state index is -0.685. The van der Waals surface area contributed by atoms with Crippen molar-refractivity contribution in [3.63, 3.8) is 0 Å². The second-order valence-electron chi connectivity index (χ2n) is 10.2. The Labute approximate surface area is 215 Å². The summed E-state index contributed by atoms with van der Waals surface area (Å²) in [4.78, 5) is 39.1. The molecule has 2 N–H and O–H groups in total. The number of likely N-dealkylation sites (N-methyl/N-ethyl adjacent to an activating group) is 1. The first-order valence-electron chi connectivity index (χ1n) is 12.8. The largest absolute Gasteiger partial charge is 0.469 e. The number of nitrogens with zero attached hydrogens (tertiary/aromatic N) is 4. The quantitative estimate of drug-likeness (QED) is 0.632. The summed E-state index contributed by atoms with van der Waals surface area (Å²) < 4.78 is 27.2. The molecule has 5 rings (SSSR count). The topological polar surface area (TPSA) is 109 Å². The maximum Gasteiger partial charge on any atom is 0.319 e. The minimum Gasteiger partial charge on any atom is -0.469 e. The van der Waals surface area contributed by atoms with Gasteiger partial charge in [0.1, 0.15) is 17.0 Å². The molecule has 0 spiro atoms. The molecule has 1 aromatic heterocycles. The van der Waals surface area contributed by atoms with Gasteiger partial charge in [0.15, 0.2) is 0 Å². The van der Waals surface area contributed by atoms with Gasteiger partial charge in [-0.05, 0) is 52.7 Å². The zero-order chi connectivity index (χ0) is 26.3. The predicted molar refractivity (Wildman–Crippen MR) is 137 cm³/mol. The van der Waals surface area contributed by atoms with Crippen molar-refractivity contribution in [1.82, 2.24) is 20.2 Å². The number of rotatable bonds is 5. The lowest BCUT2D eigenvalue weighted by Gasteiger charge is -2.35. The van der Waals surface area contributed by atoms with Gasteiger partial charge in [0.25, 0.3) is 5.91 Å². The Morgan fingerprint density at radius 3 is 2.57 bits per heavy atom.